The Morgan fingerprint density at radius 2 is 1.24 bits per heavy atom. The summed E-state index contributed by atoms with van der Waals surface area (Å²) in [5.74, 6) is 0. The fourth-order valence-corrected chi connectivity index (χ4v) is 4.66. The molecule has 0 saturated heterocycles. The van der Waals surface area contributed by atoms with Gasteiger partial charge in [-0.25, -0.2) is 0 Å². The summed E-state index contributed by atoms with van der Waals surface area (Å²) in [6.07, 6.45) is 16.5. The molecule has 2 aromatic carbocycles. The van der Waals surface area contributed by atoms with Crippen LogP contribution in [0.3, 0.4) is 0 Å². The number of hydrogen-bond acceptors (Lipinski definition) is 1. The summed E-state index contributed by atoms with van der Waals surface area (Å²) in [6.45, 7) is 3.43. The number of unbranched alkanes of at least 4 members (excludes halogenated alkanes) is 11. The number of rotatable bonds is 14. The minimum absolute atomic E-state index is 0.103. The van der Waals surface area contributed by atoms with Crippen LogP contribution in [0.25, 0.3) is 21.8 Å². The summed E-state index contributed by atoms with van der Waals surface area (Å²) < 4.78 is 2.44. The van der Waals surface area contributed by atoms with Crippen LogP contribution in [0.1, 0.15) is 89.5 Å². The van der Waals surface area contributed by atoms with E-state index in [1.54, 1.807) is 0 Å². The van der Waals surface area contributed by atoms with E-state index >= 15 is 0 Å². The van der Waals surface area contributed by atoms with Crippen molar-refractivity contribution in [3.05, 3.63) is 48.0 Å². The molecule has 3 rings (SSSR count). The number of aliphatic hydroxyl groups excluding tert-OH is 1. The van der Waals surface area contributed by atoms with Gasteiger partial charge in [-0.2, -0.15) is 0 Å². The SMILES string of the molecule is CCCCCCCCCCCCCCn1c2ccccc2c2cccc(CO)c21. The van der Waals surface area contributed by atoms with Crippen LogP contribution < -0.4 is 0 Å². The van der Waals surface area contributed by atoms with Gasteiger partial charge < -0.3 is 9.67 Å². The third kappa shape index (κ3) is 5.85. The van der Waals surface area contributed by atoms with Gasteiger partial charge >= 0.3 is 0 Å². The van der Waals surface area contributed by atoms with Crippen LogP contribution in [0.5, 0.6) is 0 Å². The van der Waals surface area contributed by atoms with Crippen LogP contribution in [0.2, 0.25) is 0 Å². The molecule has 0 spiro atoms. The first-order valence-corrected chi connectivity index (χ1v) is 12.0. The second kappa shape index (κ2) is 12.0. The number of aryl methyl sites for hydroxylation is 1. The molecule has 2 nitrogen and oxygen atoms in total. The zero-order valence-corrected chi connectivity index (χ0v) is 18.3. The molecule has 3 aromatic rings. The summed E-state index contributed by atoms with van der Waals surface area (Å²) in [5, 5.41) is 12.4. The predicted molar refractivity (Wildman–Crippen MR) is 126 cm³/mol. The molecule has 1 aromatic heterocycles. The Morgan fingerprint density at radius 1 is 0.655 bits per heavy atom. The molecule has 0 amide bonds. The molecule has 0 aliphatic carbocycles. The molecule has 0 radical (unpaired) electrons. The van der Waals surface area contributed by atoms with Crippen molar-refractivity contribution in [3.8, 4) is 0 Å². The van der Waals surface area contributed by atoms with E-state index in [1.165, 1.54) is 98.9 Å². The Morgan fingerprint density at radius 3 is 1.90 bits per heavy atom. The number of aromatic nitrogens is 1. The van der Waals surface area contributed by atoms with Gasteiger partial charge in [0.15, 0.2) is 0 Å². The third-order valence-electron chi connectivity index (χ3n) is 6.28. The summed E-state index contributed by atoms with van der Waals surface area (Å²) >= 11 is 0. The van der Waals surface area contributed by atoms with Gasteiger partial charge in [-0.15, -0.1) is 0 Å². The van der Waals surface area contributed by atoms with Crippen molar-refractivity contribution in [1.29, 1.82) is 0 Å². The lowest BCUT2D eigenvalue weighted by Gasteiger charge is -2.10. The number of benzene rings is 2. The van der Waals surface area contributed by atoms with Gasteiger partial charge in [0.25, 0.3) is 0 Å². The van der Waals surface area contributed by atoms with Gasteiger partial charge in [0.2, 0.25) is 0 Å². The zero-order valence-electron chi connectivity index (χ0n) is 18.3. The minimum Gasteiger partial charge on any atom is -0.392 e. The van der Waals surface area contributed by atoms with E-state index in [1.807, 2.05) is 0 Å². The fraction of sp³-hybridized carbons (Fsp3) is 0.556. The zero-order chi connectivity index (χ0) is 20.3. The topological polar surface area (TPSA) is 25.2 Å². The minimum atomic E-state index is 0.103. The second-order valence-electron chi connectivity index (χ2n) is 8.53. The highest BCUT2D eigenvalue weighted by Crippen LogP contribution is 2.31. The smallest absolute Gasteiger partial charge is 0.0702 e. The first-order valence-electron chi connectivity index (χ1n) is 12.0. The molecule has 0 saturated carbocycles. The van der Waals surface area contributed by atoms with Crippen LogP contribution in [0.15, 0.2) is 42.5 Å². The summed E-state index contributed by atoms with van der Waals surface area (Å²) in [7, 11) is 0. The van der Waals surface area contributed by atoms with Crippen LogP contribution in [-0.2, 0) is 13.2 Å². The summed E-state index contributed by atoms with van der Waals surface area (Å²) in [4.78, 5) is 0. The van der Waals surface area contributed by atoms with Crippen LogP contribution >= 0.6 is 0 Å². The molecule has 0 aliphatic heterocycles. The molecule has 2 heteroatoms. The lowest BCUT2D eigenvalue weighted by atomic mass is 10.1. The first-order chi connectivity index (χ1) is 14.4. The maximum atomic E-state index is 9.84. The van der Waals surface area contributed by atoms with Gasteiger partial charge in [-0.05, 0) is 12.5 Å². The molecule has 0 unspecified atom stereocenters. The quantitative estimate of drug-likeness (QED) is 0.276. The van der Waals surface area contributed by atoms with Crippen LogP contribution in [0.4, 0.5) is 0 Å². The molecule has 1 N–H and O–H groups in total. The average Bonchev–Trinajstić information content (AvgIpc) is 3.08. The first kappa shape index (κ1) is 21.9. The van der Waals surface area contributed by atoms with Crippen molar-refractivity contribution in [3.63, 3.8) is 0 Å². The number of fused-ring (bicyclic) bond motifs is 3. The number of aliphatic hydroxyl groups is 1. The van der Waals surface area contributed by atoms with E-state index in [4.69, 9.17) is 0 Å². The molecule has 0 fully saturated rings. The van der Waals surface area contributed by atoms with E-state index in [0.717, 1.165) is 12.1 Å². The molecule has 158 valence electrons. The molecular formula is C27H39NO. The Kier molecular flexibility index (Phi) is 9.08. The van der Waals surface area contributed by atoms with Gasteiger partial charge in [-0.1, -0.05) is 114 Å². The predicted octanol–water partition coefficient (Wildman–Crippen LogP) is 7.99. The van der Waals surface area contributed by atoms with Gasteiger partial charge in [0.1, 0.15) is 0 Å². The lowest BCUT2D eigenvalue weighted by Crippen LogP contribution is -2.00. The van der Waals surface area contributed by atoms with E-state index in [2.05, 4.69) is 54.0 Å². The number of nitrogens with zero attached hydrogens (tertiary/aromatic N) is 1. The van der Waals surface area contributed by atoms with Gasteiger partial charge in [0.05, 0.1) is 12.1 Å². The van der Waals surface area contributed by atoms with Crippen LogP contribution in [-0.4, -0.2) is 9.67 Å². The normalized spacial score (nSPS) is 11.7. The number of hydrogen-bond donors (Lipinski definition) is 1. The van der Waals surface area contributed by atoms with Crippen molar-refractivity contribution >= 4 is 21.8 Å². The third-order valence-corrected chi connectivity index (χ3v) is 6.28. The van der Waals surface area contributed by atoms with E-state index in [0.29, 0.717) is 0 Å². The summed E-state index contributed by atoms with van der Waals surface area (Å²) in [5.41, 5.74) is 3.56. The van der Waals surface area contributed by atoms with Gasteiger partial charge in [-0.3, -0.25) is 0 Å². The van der Waals surface area contributed by atoms with E-state index in [-0.39, 0.29) is 6.61 Å². The maximum Gasteiger partial charge on any atom is 0.0702 e. The highest BCUT2D eigenvalue weighted by Gasteiger charge is 2.12. The van der Waals surface area contributed by atoms with Crippen molar-refractivity contribution < 1.29 is 5.11 Å². The van der Waals surface area contributed by atoms with Crippen molar-refractivity contribution in [2.75, 3.05) is 0 Å². The van der Waals surface area contributed by atoms with Crippen molar-refractivity contribution in [2.45, 2.75) is 97.1 Å². The molecular weight excluding hydrogens is 354 g/mol. The van der Waals surface area contributed by atoms with E-state index in [9.17, 15) is 5.11 Å². The molecule has 0 atom stereocenters. The Labute approximate surface area is 176 Å². The Balaban J connectivity index is 1.45. The largest absolute Gasteiger partial charge is 0.392 e. The summed E-state index contributed by atoms with van der Waals surface area (Å²) in [6, 6.07) is 15.0. The fourth-order valence-electron chi connectivity index (χ4n) is 4.66. The van der Waals surface area contributed by atoms with Crippen molar-refractivity contribution in [1.82, 2.24) is 4.57 Å². The highest BCUT2D eigenvalue weighted by atomic mass is 16.3. The second-order valence-corrected chi connectivity index (χ2v) is 8.53. The van der Waals surface area contributed by atoms with Crippen molar-refractivity contribution in [2.24, 2.45) is 0 Å². The monoisotopic (exact) mass is 393 g/mol. The molecule has 1 heterocycles. The average molecular weight is 394 g/mol. The standard InChI is InChI=1S/C27H39NO/c1-2-3-4-5-6-7-8-9-10-11-12-15-21-28-26-20-14-13-18-24(26)25-19-16-17-23(22-29)27(25)28/h13-14,16-20,29H,2-12,15,21-22H2,1H3. The maximum absolute atomic E-state index is 9.84. The lowest BCUT2D eigenvalue weighted by molar-refractivity contribution is 0.283. The molecule has 29 heavy (non-hydrogen) atoms. The molecule has 0 aliphatic rings. The van der Waals surface area contributed by atoms with Crippen LogP contribution in [0, 0.1) is 0 Å². The Hall–Kier alpha value is -1.80. The van der Waals surface area contributed by atoms with E-state index < -0.39 is 0 Å². The Bertz CT molecular complexity index is 863. The highest BCUT2D eigenvalue weighted by molar-refractivity contribution is 6.09. The van der Waals surface area contributed by atoms with Gasteiger partial charge in [0, 0.05) is 28.4 Å². The molecule has 0 bridgehead atoms. The number of para-hydroxylation sites is 2.